The molecular weight excluding hydrogens is 206 g/mol. The molecule has 0 heterocycles. The molecule has 0 spiro atoms. The molecule has 0 aromatic heterocycles. The van der Waals surface area contributed by atoms with E-state index in [9.17, 15) is 8.78 Å². The zero-order valence-corrected chi connectivity index (χ0v) is 8.79. The van der Waals surface area contributed by atoms with Crippen LogP contribution < -0.4 is 0 Å². The molecule has 1 aliphatic carbocycles. The van der Waals surface area contributed by atoms with Crippen molar-refractivity contribution in [3.8, 4) is 0 Å². The molecule has 0 fully saturated rings. The summed E-state index contributed by atoms with van der Waals surface area (Å²) in [5.41, 5.74) is 0. The average molecular weight is 220 g/mol. The molecular formula is C10H14F2OS. The molecule has 1 rings (SSSR count). The van der Waals surface area contributed by atoms with Crippen molar-refractivity contribution in [1.82, 2.24) is 0 Å². The number of thiocarbonyl (C=S) groups is 1. The van der Waals surface area contributed by atoms with Crippen LogP contribution in [0.3, 0.4) is 0 Å². The van der Waals surface area contributed by atoms with Gasteiger partial charge in [0.25, 0.3) is 0 Å². The Hall–Kier alpha value is -0.510. The van der Waals surface area contributed by atoms with E-state index in [1.54, 1.807) is 0 Å². The second-order valence-electron chi connectivity index (χ2n) is 3.35. The van der Waals surface area contributed by atoms with Crippen LogP contribution in [0, 0.1) is 0 Å². The first kappa shape index (κ1) is 11.6. The van der Waals surface area contributed by atoms with E-state index in [-0.39, 0.29) is 0 Å². The number of hydrogen-bond acceptors (Lipinski definition) is 2. The van der Waals surface area contributed by atoms with Crippen LogP contribution in [0.4, 0.5) is 8.78 Å². The summed E-state index contributed by atoms with van der Waals surface area (Å²) in [5, 5.41) is -0.600. The lowest BCUT2D eigenvalue weighted by molar-refractivity contribution is 0.191. The third kappa shape index (κ3) is 4.13. The maximum atomic E-state index is 12.1. The lowest BCUT2D eigenvalue weighted by Gasteiger charge is -2.12. The molecule has 0 amide bonds. The predicted molar refractivity (Wildman–Crippen MR) is 55.5 cm³/mol. The normalized spacial score (nSPS) is 18.4. The molecule has 0 aliphatic heterocycles. The monoisotopic (exact) mass is 220 g/mol. The van der Waals surface area contributed by atoms with Crippen molar-refractivity contribution in [2.75, 3.05) is 0 Å². The molecule has 0 atom stereocenters. The summed E-state index contributed by atoms with van der Waals surface area (Å²) < 4.78 is 29.1. The summed E-state index contributed by atoms with van der Waals surface area (Å²) in [6.07, 6.45) is 5.32. The highest BCUT2D eigenvalue weighted by Crippen LogP contribution is 2.19. The average Bonchev–Trinajstić information content (AvgIpc) is 2.08. The van der Waals surface area contributed by atoms with Gasteiger partial charge in [0.05, 0.1) is 0 Å². The molecule has 0 saturated heterocycles. The van der Waals surface area contributed by atoms with Gasteiger partial charge in [0, 0.05) is 6.42 Å². The van der Waals surface area contributed by atoms with Crippen LogP contribution in [0.2, 0.25) is 0 Å². The van der Waals surface area contributed by atoms with E-state index < -0.39 is 11.5 Å². The molecule has 0 aromatic carbocycles. The van der Waals surface area contributed by atoms with Crippen LogP contribution in [0.25, 0.3) is 0 Å². The van der Waals surface area contributed by atoms with Gasteiger partial charge >= 0.3 is 6.43 Å². The van der Waals surface area contributed by atoms with E-state index in [1.807, 2.05) is 6.08 Å². The summed E-state index contributed by atoms with van der Waals surface area (Å²) in [4.78, 5) is 0. The molecule has 80 valence electrons. The Morgan fingerprint density at radius 3 is 2.71 bits per heavy atom. The van der Waals surface area contributed by atoms with Crippen LogP contribution in [-0.4, -0.2) is 11.5 Å². The first-order valence-corrected chi connectivity index (χ1v) is 5.30. The molecule has 0 unspecified atom stereocenters. The van der Waals surface area contributed by atoms with Crippen LogP contribution in [0.5, 0.6) is 0 Å². The minimum absolute atomic E-state index is 0.600. The fourth-order valence-corrected chi connectivity index (χ4v) is 1.54. The van der Waals surface area contributed by atoms with E-state index >= 15 is 0 Å². The lowest BCUT2D eigenvalue weighted by atomic mass is 10.1. The van der Waals surface area contributed by atoms with E-state index in [0.29, 0.717) is 5.76 Å². The summed E-state index contributed by atoms with van der Waals surface area (Å²) in [5.74, 6) is 0.620. The largest absolute Gasteiger partial charge is 0.449 e. The summed E-state index contributed by atoms with van der Waals surface area (Å²) >= 11 is 4.42. The van der Waals surface area contributed by atoms with Gasteiger partial charge in [-0.1, -0.05) is 12.8 Å². The van der Waals surface area contributed by atoms with Crippen molar-refractivity contribution in [1.29, 1.82) is 0 Å². The van der Waals surface area contributed by atoms with Gasteiger partial charge in [-0.3, -0.25) is 0 Å². The number of ether oxygens (including phenoxy) is 1. The van der Waals surface area contributed by atoms with Crippen molar-refractivity contribution < 1.29 is 13.5 Å². The van der Waals surface area contributed by atoms with Crippen molar-refractivity contribution in [3.63, 3.8) is 0 Å². The Bertz CT molecular complexity index is 226. The lowest BCUT2D eigenvalue weighted by Crippen LogP contribution is -2.12. The quantitative estimate of drug-likeness (QED) is 0.654. The van der Waals surface area contributed by atoms with Crippen LogP contribution in [0.15, 0.2) is 11.8 Å². The minimum Gasteiger partial charge on any atom is -0.449 e. The first-order valence-electron chi connectivity index (χ1n) is 4.89. The number of halogens is 2. The SMILES string of the molecule is FC(F)C(=S)OC1=CCCCCCC1. The molecule has 0 aromatic rings. The van der Waals surface area contributed by atoms with Gasteiger partial charge in [0.2, 0.25) is 5.05 Å². The van der Waals surface area contributed by atoms with Crippen molar-refractivity contribution >= 4 is 17.3 Å². The maximum absolute atomic E-state index is 12.1. The number of hydrogen-bond donors (Lipinski definition) is 0. The highest BCUT2D eigenvalue weighted by atomic mass is 32.1. The number of alkyl halides is 2. The Labute approximate surface area is 88.1 Å². The predicted octanol–water partition coefficient (Wildman–Crippen LogP) is 3.83. The van der Waals surface area contributed by atoms with Gasteiger partial charge in [-0.2, -0.15) is 0 Å². The fraction of sp³-hybridized carbons (Fsp3) is 0.700. The number of rotatable bonds is 2. The Morgan fingerprint density at radius 2 is 2.00 bits per heavy atom. The highest BCUT2D eigenvalue weighted by molar-refractivity contribution is 7.80. The zero-order valence-electron chi connectivity index (χ0n) is 7.97. The molecule has 0 N–H and O–H groups in total. The van der Waals surface area contributed by atoms with Crippen LogP contribution in [0.1, 0.15) is 38.5 Å². The second kappa shape index (κ2) is 6.06. The first-order chi connectivity index (χ1) is 6.70. The molecule has 0 radical (unpaired) electrons. The highest BCUT2D eigenvalue weighted by Gasteiger charge is 2.14. The van der Waals surface area contributed by atoms with Crippen molar-refractivity contribution in [3.05, 3.63) is 11.8 Å². The smallest absolute Gasteiger partial charge is 0.305 e. The Kier molecular flexibility index (Phi) is 5.01. The van der Waals surface area contributed by atoms with Crippen molar-refractivity contribution in [2.24, 2.45) is 0 Å². The summed E-state index contributed by atoms with van der Waals surface area (Å²) in [6.45, 7) is 0. The van der Waals surface area contributed by atoms with E-state index in [2.05, 4.69) is 12.2 Å². The van der Waals surface area contributed by atoms with Gasteiger partial charge < -0.3 is 4.74 Å². The molecule has 14 heavy (non-hydrogen) atoms. The summed E-state index contributed by atoms with van der Waals surface area (Å²) in [7, 11) is 0. The number of allylic oxidation sites excluding steroid dienone is 2. The second-order valence-corrected chi connectivity index (χ2v) is 3.75. The van der Waals surface area contributed by atoms with Gasteiger partial charge in [-0.05, 0) is 37.6 Å². The van der Waals surface area contributed by atoms with E-state index in [0.717, 1.165) is 32.1 Å². The third-order valence-electron chi connectivity index (χ3n) is 2.16. The van der Waals surface area contributed by atoms with Gasteiger partial charge in [0.15, 0.2) is 0 Å². The Balaban J connectivity index is 2.44. The molecule has 0 bridgehead atoms. The topological polar surface area (TPSA) is 9.23 Å². The van der Waals surface area contributed by atoms with E-state index in [1.165, 1.54) is 6.42 Å². The standard InChI is InChI=1S/C10H14F2OS/c11-9(12)10(14)13-8-6-4-2-1-3-5-7-8/h6,9H,1-5,7H2. The van der Waals surface area contributed by atoms with Crippen LogP contribution >= 0.6 is 12.2 Å². The zero-order chi connectivity index (χ0) is 10.4. The molecule has 0 saturated carbocycles. The molecule has 1 nitrogen and oxygen atoms in total. The van der Waals surface area contributed by atoms with Gasteiger partial charge in [0.1, 0.15) is 5.76 Å². The third-order valence-corrected chi connectivity index (χ3v) is 2.42. The maximum Gasteiger partial charge on any atom is 0.305 e. The molecule has 1 aliphatic rings. The van der Waals surface area contributed by atoms with Gasteiger partial charge in [-0.15, -0.1) is 0 Å². The van der Waals surface area contributed by atoms with Crippen molar-refractivity contribution in [2.45, 2.75) is 45.0 Å². The minimum atomic E-state index is -2.66. The summed E-state index contributed by atoms with van der Waals surface area (Å²) in [6, 6.07) is 0. The Morgan fingerprint density at radius 1 is 1.29 bits per heavy atom. The van der Waals surface area contributed by atoms with Crippen LogP contribution in [-0.2, 0) is 4.74 Å². The molecule has 4 heteroatoms. The van der Waals surface area contributed by atoms with Gasteiger partial charge in [-0.25, -0.2) is 8.78 Å². The fourth-order valence-electron chi connectivity index (χ4n) is 1.43. The van der Waals surface area contributed by atoms with E-state index in [4.69, 9.17) is 4.74 Å².